The molecule has 2 rings (SSSR count). The Morgan fingerprint density at radius 3 is 2.33 bits per heavy atom. The molecule has 112 valence electrons. The molecule has 0 aromatic heterocycles. The molecule has 0 radical (unpaired) electrons. The standard InChI is InChI=1S/C15H18N2O3S/c16-9-8-12-6-7-14(15(10-12)21(17,18)19)20-11-13-4-2-1-3-5-13/h1-7,10H,8-9,11,16H2,(H2,17,18,19). The summed E-state index contributed by atoms with van der Waals surface area (Å²) in [6, 6.07) is 14.4. The van der Waals surface area contributed by atoms with Crippen LogP contribution in [0.5, 0.6) is 5.75 Å². The number of primary sulfonamides is 1. The van der Waals surface area contributed by atoms with Crippen LogP contribution in [0.3, 0.4) is 0 Å². The summed E-state index contributed by atoms with van der Waals surface area (Å²) >= 11 is 0. The molecule has 0 aliphatic rings. The lowest BCUT2D eigenvalue weighted by Gasteiger charge is -2.12. The molecule has 0 atom stereocenters. The zero-order valence-electron chi connectivity index (χ0n) is 11.5. The van der Waals surface area contributed by atoms with Gasteiger partial charge in [0.25, 0.3) is 0 Å². The molecule has 0 spiro atoms. The Morgan fingerprint density at radius 1 is 1.00 bits per heavy atom. The summed E-state index contributed by atoms with van der Waals surface area (Å²) < 4.78 is 29.0. The van der Waals surface area contributed by atoms with Gasteiger partial charge in [-0.3, -0.25) is 0 Å². The fourth-order valence-electron chi connectivity index (χ4n) is 1.95. The van der Waals surface area contributed by atoms with E-state index in [1.165, 1.54) is 6.07 Å². The summed E-state index contributed by atoms with van der Waals surface area (Å²) in [5.74, 6) is 0.252. The van der Waals surface area contributed by atoms with Crippen LogP contribution in [0.4, 0.5) is 0 Å². The van der Waals surface area contributed by atoms with E-state index < -0.39 is 10.0 Å². The van der Waals surface area contributed by atoms with Crippen LogP contribution < -0.4 is 15.6 Å². The van der Waals surface area contributed by atoms with Crippen LogP contribution in [0.25, 0.3) is 0 Å². The van der Waals surface area contributed by atoms with Gasteiger partial charge in [-0.25, -0.2) is 13.6 Å². The van der Waals surface area contributed by atoms with E-state index in [9.17, 15) is 8.42 Å². The first-order chi connectivity index (χ1) is 10.0. The number of ether oxygens (including phenoxy) is 1. The summed E-state index contributed by atoms with van der Waals surface area (Å²) in [7, 11) is -3.84. The second-order valence-corrected chi connectivity index (χ2v) is 6.17. The third-order valence-electron chi connectivity index (χ3n) is 2.98. The second-order valence-electron chi connectivity index (χ2n) is 4.64. The van der Waals surface area contributed by atoms with Crippen LogP contribution >= 0.6 is 0 Å². The van der Waals surface area contributed by atoms with Crippen LogP contribution in [0.1, 0.15) is 11.1 Å². The quantitative estimate of drug-likeness (QED) is 0.843. The predicted octanol–water partition coefficient (Wildman–Crippen LogP) is 1.41. The number of hydrogen-bond acceptors (Lipinski definition) is 4. The molecule has 0 saturated heterocycles. The lowest BCUT2D eigenvalue weighted by molar-refractivity contribution is 0.298. The van der Waals surface area contributed by atoms with Gasteiger partial charge in [0.2, 0.25) is 10.0 Å². The Labute approximate surface area is 124 Å². The predicted molar refractivity (Wildman–Crippen MR) is 81.3 cm³/mol. The largest absolute Gasteiger partial charge is 0.487 e. The monoisotopic (exact) mass is 306 g/mol. The molecule has 0 heterocycles. The number of nitrogens with two attached hydrogens (primary N) is 2. The summed E-state index contributed by atoms with van der Waals surface area (Å²) in [6.07, 6.45) is 0.585. The molecule has 0 bridgehead atoms. The molecule has 6 heteroatoms. The minimum atomic E-state index is -3.84. The number of hydrogen-bond donors (Lipinski definition) is 2. The molecule has 5 nitrogen and oxygen atoms in total. The highest BCUT2D eigenvalue weighted by molar-refractivity contribution is 7.89. The maximum absolute atomic E-state index is 11.7. The van der Waals surface area contributed by atoms with Gasteiger partial charge in [0, 0.05) is 0 Å². The summed E-state index contributed by atoms with van der Waals surface area (Å²) in [4.78, 5) is -0.00983. The van der Waals surface area contributed by atoms with E-state index >= 15 is 0 Å². The minimum absolute atomic E-state index is 0.00983. The first-order valence-corrected chi connectivity index (χ1v) is 8.08. The van der Waals surface area contributed by atoms with Gasteiger partial charge in [-0.05, 0) is 36.2 Å². The van der Waals surface area contributed by atoms with Crippen molar-refractivity contribution in [2.45, 2.75) is 17.9 Å². The highest BCUT2D eigenvalue weighted by Gasteiger charge is 2.16. The highest BCUT2D eigenvalue weighted by Crippen LogP contribution is 2.25. The lowest BCUT2D eigenvalue weighted by Crippen LogP contribution is -2.15. The van der Waals surface area contributed by atoms with Crippen LogP contribution in [0.2, 0.25) is 0 Å². The van der Waals surface area contributed by atoms with Gasteiger partial charge in [-0.1, -0.05) is 36.4 Å². The highest BCUT2D eigenvalue weighted by atomic mass is 32.2. The van der Waals surface area contributed by atoms with Gasteiger partial charge < -0.3 is 10.5 Å². The molecule has 0 aliphatic carbocycles. The fraction of sp³-hybridized carbons (Fsp3) is 0.200. The molecule has 0 fully saturated rings. The first-order valence-electron chi connectivity index (χ1n) is 6.53. The molecule has 0 saturated carbocycles. The van der Waals surface area contributed by atoms with E-state index in [2.05, 4.69) is 0 Å². The van der Waals surface area contributed by atoms with E-state index in [0.29, 0.717) is 13.0 Å². The van der Waals surface area contributed by atoms with Crippen molar-refractivity contribution in [3.05, 3.63) is 59.7 Å². The maximum atomic E-state index is 11.7. The SMILES string of the molecule is NCCc1ccc(OCc2ccccc2)c(S(N)(=O)=O)c1. The van der Waals surface area contributed by atoms with Crippen molar-refractivity contribution in [1.29, 1.82) is 0 Å². The molecule has 4 N–H and O–H groups in total. The normalized spacial score (nSPS) is 11.3. The molecule has 0 amide bonds. The van der Waals surface area contributed by atoms with Gasteiger partial charge in [0.05, 0.1) is 0 Å². The average Bonchev–Trinajstić information content (AvgIpc) is 2.46. The zero-order valence-corrected chi connectivity index (χ0v) is 12.3. The minimum Gasteiger partial charge on any atom is -0.487 e. The Bertz CT molecular complexity index is 700. The fourth-order valence-corrected chi connectivity index (χ4v) is 2.67. The topological polar surface area (TPSA) is 95.4 Å². The van der Waals surface area contributed by atoms with E-state index in [0.717, 1.165) is 11.1 Å². The molecule has 0 aliphatic heterocycles. The van der Waals surface area contributed by atoms with Crippen molar-refractivity contribution in [3.8, 4) is 5.75 Å². The van der Waals surface area contributed by atoms with Gasteiger partial charge >= 0.3 is 0 Å². The Morgan fingerprint density at radius 2 is 1.71 bits per heavy atom. The van der Waals surface area contributed by atoms with E-state index in [-0.39, 0.29) is 17.3 Å². The lowest BCUT2D eigenvalue weighted by atomic mass is 10.1. The summed E-state index contributed by atoms with van der Waals surface area (Å²) in [5, 5.41) is 5.25. The van der Waals surface area contributed by atoms with E-state index in [1.807, 2.05) is 30.3 Å². The van der Waals surface area contributed by atoms with Crippen molar-refractivity contribution in [2.75, 3.05) is 6.54 Å². The molecule has 21 heavy (non-hydrogen) atoms. The van der Waals surface area contributed by atoms with Crippen molar-refractivity contribution in [3.63, 3.8) is 0 Å². The molecular weight excluding hydrogens is 288 g/mol. The van der Waals surface area contributed by atoms with Crippen LogP contribution in [0, 0.1) is 0 Å². The summed E-state index contributed by atoms with van der Waals surface area (Å²) in [6.45, 7) is 0.716. The third kappa shape index (κ3) is 4.29. The Hall–Kier alpha value is -1.89. The molecular formula is C15H18N2O3S. The number of sulfonamides is 1. The number of rotatable bonds is 6. The van der Waals surface area contributed by atoms with Crippen LogP contribution in [-0.4, -0.2) is 15.0 Å². The first kappa shape index (κ1) is 15.5. The summed E-state index contributed by atoms with van der Waals surface area (Å²) in [5.41, 5.74) is 7.24. The Kier molecular flexibility index (Phi) is 4.95. The van der Waals surface area contributed by atoms with Gasteiger partial charge in [0.15, 0.2) is 0 Å². The van der Waals surface area contributed by atoms with Gasteiger partial charge in [-0.15, -0.1) is 0 Å². The van der Waals surface area contributed by atoms with E-state index in [1.54, 1.807) is 12.1 Å². The van der Waals surface area contributed by atoms with Gasteiger partial charge in [-0.2, -0.15) is 0 Å². The maximum Gasteiger partial charge on any atom is 0.241 e. The molecule has 2 aromatic rings. The van der Waals surface area contributed by atoms with Crippen molar-refractivity contribution < 1.29 is 13.2 Å². The van der Waals surface area contributed by atoms with Crippen molar-refractivity contribution >= 4 is 10.0 Å². The average molecular weight is 306 g/mol. The van der Waals surface area contributed by atoms with Crippen molar-refractivity contribution in [1.82, 2.24) is 0 Å². The van der Waals surface area contributed by atoms with E-state index in [4.69, 9.17) is 15.6 Å². The van der Waals surface area contributed by atoms with Gasteiger partial charge in [0.1, 0.15) is 17.3 Å². The van der Waals surface area contributed by atoms with Crippen LogP contribution in [0.15, 0.2) is 53.4 Å². The zero-order chi connectivity index (χ0) is 15.3. The van der Waals surface area contributed by atoms with Crippen molar-refractivity contribution in [2.24, 2.45) is 10.9 Å². The second kappa shape index (κ2) is 6.71. The molecule has 2 aromatic carbocycles. The number of benzene rings is 2. The Balaban J connectivity index is 2.26. The molecule has 0 unspecified atom stereocenters. The smallest absolute Gasteiger partial charge is 0.241 e. The van der Waals surface area contributed by atoms with Crippen LogP contribution in [-0.2, 0) is 23.1 Å². The third-order valence-corrected chi connectivity index (χ3v) is 3.92.